The van der Waals surface area contributed by atoms with E-state index in [4.69, 9.17) is 9.47 Å². The molecule has 12 nitrogen and oxygen atoms in total. The molecule has 0 aliphatic carbocycles. The van der Waals surface area contributed by atoms with Crippen molar-refractivity contribution in [3.63, 3.8) is 0 Å². The van der Waals surface area contributed by atoms with Crippen molar-refractivity contribution in [2.24, 2.45) is 0 Å². The number of rotatable bonds is 14. The molecule has 3 atom stereocenters. The largest absolute Gasteiger partial charge is 0.460 e. The molecule has 232 valence electrons. The lowest BCUT2D eigenvalue weighted by Gasteiger charge is -2.25. The summed E-state index contributed by atoms with van der Waals surface area (Å²) in [5, 5.41) is 12.2. The molecule has 2 aliphatic rings. The van der Waals surface area contributed by atoms with Gasteiger partial charge in [-0.2, -0.15) is 0 Å². The molecule has 12 heteroatoms. The average molecular weight is 606 g/mol. The molecule has 0 unspecified atom stereocenters. The van der Waals surface area contributed by atoms with E-state index in [-0.39, 0.29) is 45.4 Å². The Kier molecular flexibility index (Phi) is 11.4. The predicted octanol–water partition coefficient (Wildman–Crippen LogP) is 1.69. The second-order valence-electron chi connectivity index (χ2n) is 10.5. The van der Waals surface area contributed by atoms with Gasteiger partial charge in [-0.1, -0.05) is 60.7 Å². The van der Waals surface area contributed by atoms with Gasteiger partial charge in [-0.05, 0) is 30.4 Å². The average Bonchev–Trinajstić information content (AvgIpc) is 3.60. The van der Waals surface area contributed by atoms with E-state index >= 15 is 0 Å². The normalized spacial score (nSPS) is 18.3. The van der Waals surface area contributed by atoms with E-state index in [2.05, 4.69) is 5.32 Å². The second kappa shape index (κ2) is 15.6. The first kappa shape index (κ1) is 32.1. The number of benzene rings is 2. The molecule has 1 fully saturated rings. The Morgan fingerprint density at radius 2 is 1.57 bits per heavy atom. The van der Waals surface area contributed by atoms with E-state index in [1.807, 2.05) is 36.4 Å². The van der Waals surface area contributed by atoms with Gasteiger partial charge in [-0.25, -0.2) is 4.79 Å². The molecule has 0 spiro atoms. The Labute approximate surface area is 254 Å². The number of aryl methyl sites for hydroxylation is 1. The lowest BCUT2D eigenvalue weighted by Crippen LogP contribution is -2.51. The van der Waals surface area contributed by atoms with Crippen molar-refractivity contribution in [1.29, 1.82) is 0 Å². The molecule has 2 aromatic carbocycles. The maximum atomic E-state index is 13.5. The third-order valence-electron chi connectivity index (χ3n) is 7.39. The monoisotopic (exact) mass is 605 g/mol. The van der Waals surface area contributed by atoms with Crippen LogP contribution in [0.15, 0.2) is 72.8 Å². The Morgan fingerprint density at radius 1 is 0.932 bits per heavy atom. The zero-order chi connectivity index (χ0) is 31.5. The number of aliphatic hydroxyl groups is 1. The van der Waals surface area contributed by atoms with E-state index in [0.717, 1.165) is 28.2 Å². The minimum absolute atomic E-state index is 0.0379. The Hall–Kier alpha value is -4.84. The molecule has 4 rings (SSSR count). The predicted molar refractivity (Wildman–Crippen MR) is 155 cm³/mol. The van der Waals surface area contributed by atoms with Crippen LogP contribution in [-0.2, 0) is 46.5 Å². The fourth-order valence-corrected chi connectivity index (χ4v) is 5.06. The summed E-state index contributed by atoms with van der Waals surface area (Å²) < 4.78 is 11.0. The van der Waals surface area contributed by atoms with Crippen LogP contribution in [-0.4, -0.2) is 88.4 Å². The van der Waals surface area contributed by atoms with Crippen LogP contribution in [0.4, 0.5) is 4.79 Å². The summed E-state index contributed by atoms with van der Waals surface area (Å²) in [5.41, 5.74) is 1.69. The van der Waals surface area contributed by atoms with Crippen LogP contribution in [0.5, 0.6) is 0 Å². The van der Waals surface area contributed by atoms with Gasteiger partial charge in [0.15, 0.2) is 5.78 Å². The molecule has 0 aromatic heterocycles. The van der Waals surface area contributed by atoms with Crippen LogP contribution in [0, 0.1) is 0 Å². The highest BCUT2D eigenvalue weighted by molar-refractivity contribution is 6.12. The van der Waals surface area contributed by atoms with Crippen molar-refractivity contribution >= 4 is 35.6 Å². The first-order valence-corrected chi connectivity index (χ1v) is 14.4. The summed E-state index contributed by atoms with van der Waals surface area (Å²) in [6, 6.07) is 16.2. The molecule has 2 heterocycles. The van der Waals surface area contributed by atoms with Crippen molar-refractivity contribution in [2.45, 2.75) is 56.9 Å². The zero-order valence-electron chi connectivity index (χ0n) is 24.1. The number of aliphatic hydroxyl groups excluding tert-OH is 1. The number of imide groups is 1. The molecule has 44 heavy (non-hydrogen) atoms. The van der Waals surface area contributed by atoms with E-state index in [1.165, 1.54) is 4.90 Å². The Balaban J connectivity index is 1.39. The van der Waals surface area contributed by atoms with Gasteiger partial charge < -0.3 is 19.9 Å². The summed E-state index contributed by atoms with van der Waals surface area (Å²) in [7, 11) is 0. The van der Waals surface area contributed by atoms with Gasteiger partial charge in [0.1, 0.15) is 25.4 Å². The lowest BCUT2D eigenvalue weighted by molar-refractivity contribution is -0.149. The van der Waals surface area contributed by atoms with Gasteiger partial charge >= 0.3 is 12.1 Å². The van der Waals surface area contributed by atoms with Crippen LogP contribution < -0.4 is 5.32 Å². The van der Waals surface area contributed by atoms with E-state index < -0.39 is 60.4 Å². The number of ketones is 1. The van der Waals surface area contributed by atoms with Crippen molar-refractivity contribution in [3.05, 3.63) is 83.9 Å². The number of esters is 1. The number of amides is 4. The minimum Gasteiger partial charge on any atom is -0.460 e. The fraction of sp³-hybridized carbons (Fsp3) is 0.375. The highest BCUT2D eigenvalue weighted by atomic mass is 16.6. The van der Waals surface area contributed by atoms with Crippen molar-refractivity contribution in [3.8, 4) is 0 Å². The summed E-state index contributed by atoms with van der Waals surface area (Å²) in [6.07, 6.45) is 1.46. The Morgan fingerprint density at radius 3 is 2.20 bits per heavy atom. The summed E-state index contributed by atoms with van der Waals surface area (Å²) in [5.74, 6) is -2.71. The second-order valence-corrected chi connectivity index (χ2v) is 10.5. The van der Waals surface area contributed by atoms with E-state index in [9.17, 15) is 33.9 Å². The number of likely N-dealkylation sites (tertiary alicyclic amines) is 1. The molecule has 2 aromatic rings. The van der Waals surface area contributed by atoms with Crippen LogP contribution >= 0.6 is 0 Å². The summed E-state index contributed by atoms with van der Waals surface area (Å²) >= 11 is 0. The quantitative estimate of drug-likeness (QED) is 0.241. The van der Waals surface area contributed by atoms with Crippen molar-refractivity contribution < 1.29 is 43.3 Å². The van der Waals surface area contributed by atoms with Gasteiger partial charge in [0.05, 0.1) is 12.6 Å². The molecule has 0 bridgehead atoms. The number of Topliss-reactive ketones (excluding diaryl/α,β-unsaturated/α-hetero) is 1. The number of carbonyl (C=O) groups excluding carboxylic acids is 6. The number of nitrogens with one attached hydrogen (secondary N) is 1. The van der Waals surface area contributed by atoms with Crippen LogP contribution in [0.3, 0.4) is 0 Å². The molecular weight excluding hydrogens is 570 g/mol. The molecule has 2 aliphatic heterocycles. The van der Waals surface area contributed by atoms with Crippen LogP contribution in [0.2, 0.25) is 0 Å². The van der Waals surface area contributed by atoms with Crippen LogP contribution in [0.25, 0.3) is 0 Å². The summed E-state index contributed by atoms with van der Waals surface area (Å²) in [6.45, 7) is -0.873. The Bertz CT molecular complexity index is 1360. The molecule has 0 saturated carbocycles. The van der Waals surface area contributed by atoms with Gasteiger partial charge in [-0.15, -0.1) is 0 Å². The van der Waals surface area contributed by atoms with Crippen molar-refractivity contribution in [1.82, 2.24) is 15.1 Å². The smallest absolute Gasteiger partial charge is 0.410 e. The number of carbonyl (C=O) groups is 6. The lowest BCUT2D eigenvalue weighted by atomic mass is 10.0. The maximum Gasteiger partial charge on any atom is 0.410 e. The first-order chi connectivity index (χ1) is 21.2. The third-order valence-corrected chi connectivity index (χ3v) is 7.39. The summed E-state index contributed by atoms with van der Waals surface area (Å²) in [4.78, 5) is 77.3. The van der Waals surface area contributed by atoms with Gasteiger partial charge in [-0.3, -0.25) is 33.8 Å². The van der Waals surface area contributed by atoms with E-state index in [1.54, 1.807) is 24.3 Å². The fourth-order valence-electron chi connectivity index (χ4n) is 5.06. The van der Waals surface area contributed by atoms with Gasteiger partial charge in [0.2, 0.25) is 5.91 Å². The number of nitrogens with zero attached hydrogens (tertiary/aromatic N) is 2. The molecular formula is C32H35N3O9. The van der Waals surface area contributed by atoms with Crippen molar-refractivity contribution in [2.75, 3.05) is 19.7 Å². The third kappa shape index (κ3) is 8.83. The SMILES string of the molecule is O=C(CCCN1C(=O)C=CC1=O)O[C@@H]1C[C@@H](C(=O)N[C@@H](CCc2ccccc2)C(=O)CO)N(C(=O)OCc2ccccc2)C1. The molecule has 1 saturated heterocycles. The zero-order valence-corrected chi connectivity index (χ0v) is 24.1. The number of hydrogen-bond donors (Lipinski definition) is 2. The minimum atomic E-state index is -1.10. The molecule has 4 amide bonds. The van der Waals surface area contributed by atoms with Crippen LogP contribution in [0.1, 0.15) is 36.8 Å². The maximum absolute atomic E-state index is 13.5. The molecule has 0 radical (unpaired) electrons. The van der Waals surface area contributed by atoms with Gasteiger partial charge in [0, 0.05) is 31.5 Å². The molecule has 2 N–H and O–H groups in total. The van der Waals surface area contributed by atoms with E-state index in [0.29, 0.717) is 6.42 Å². The standard InChI is InChI=1S/C32H35N3O9/c36-20-27(37)25(14-13-22-8-3-1-4-9-22)33-31(41)26-18-24(19-35(26)32(42)43-21-23-10-5-2-6-11-23)44-30(40)12-7-17-34-28(38)15-16-29(34)39/h1-6,8-11,15-16,24-26,36H,7,12-14,17-21H2,(H,33,41)/t24-,25+,26+/m1/s1. The number of ether oxygens (including phenoxy) is 2. The first-order valence-electron chi connectivity index (χ1n) is 14.4. The highest BCUT2D eigenvalue weighted by Gasteiger charge is 2.43. The highest BCUT2D eigenvalue weighted by Crippen LogP contribution is 2.23. The number of hydrogen-bond acceptors (Lipinski definition) is 9. The topological polar surface area (TPSA) is 160 Å². The van der Waals surface area contributed by atoms with Gasteiger partial charge in [0.25, 0.3) is 11.8 Å².